The van der Waals surface area contributed by atoms with Crippen LogP contribution in [0.25, 0.3) is 5.82 Å². The van der Waals surface area contributed by atoms with Gasteiger partial charge >= 0.3 is 0 Å². The highest BCUT2D eigenvalue weighted by Crippen LogP contribution is 2.21. The second-order valence-corrected chi connectivity index (χ2v) is 7.45. The molecule has 29 heavy (non-hydrogen) atoms. The van der Waals surface area contributed by atoms with Crippen LogP contribution >= 0.6 is 0 Å². The Balaban J connectivity index is 1.41. The molecule has 0 bridgehead atoms. The number of hydrogen-bond donors (Lipinski definition) is 1. The van der Waals surface area contributed by atoms with Gasteiger partial charge in [0, 0.05) is 38.2 Å². The smallest absolute Gasteiger partial charge is 0.194 e. The molecule has 1 aromatic carbocycles. The van der Waals surface area contributed by atoms with Crippen LogP contribution in [0.4, 0.5) is 0 Å². The fraction of sp³-hybridized carbons (Fsp3) is 0.348. The third-order valence-electron chi connectivity index (χ3n) is 5.28. The van der Waals surface area contributed by atoms with E-state index in [1.807, 2.05) is 23.0 Å². The number of nitrogens with one attached hydrogen (secondary N) is 1. The number of guanidine groups is 1. The molecule has 1 aliphatic heterocycles. The SMILES string of the molecule is CCNC(=NCc1ccnc(-n2ccnc2)c1)N1CCC(Cc2ccccc2)C1. The second kappa shape index (κ2) is 9.37. The van der Waals surface area contributed by atoms with Crippen LogP contribution in [0.2, 0.25) is 0 Å². The molecule has 0 aliphatic carbocycles. The Bertz CT molecular complexity index is 920. The number of hydrogen-bond acceptors (Lipinski definition) is 3. The average Bonchev–Trinajstić information content (AvgIpc) is 3.45. The van der Waals surface area contributed by atoms with Crippen LogP contribution in [0.5, 0.6) is 0 Å². The summed E-state index contributed by atoms with van der Waals surface area (Å²) in [5.74, 6) is 2.54. The number of likely N-dealkylation sites (tertiary alicyclic amines) is 1. The van der Waals surface area contributed by atoms with E-state index >= 15 is 0 Å². The van der Waals surface area contributed by atoms with E-state index in [2.05, 4.69) is 63.5 Å². The van der Waals surface area contributed by atoms with Crippen molar-refractivity contribution in [2.75, 3.05) is 19.6 Å². The third kappa shape index (κ3) is 5.02. The summed E-state index contributed by atoms with van der Waals surface area (Å²) in [5.41, 5.74) is 2.56. The standard InChI is InChI=1S/C23H28N6/c1-2-25-23(28-12-9-21(17-28)14-19-6-4-3-5-7-19)27-16-20-8-10-26-22(15-20)29-13-11-24-18-29/h3-8,10-11,13,15,18,21H,2,9,12,14,16-17H2,1H3,(H,25,27). The van der Waals surface area contributed by atoms with Crippen molar-refractivity contribution in [2.45, 2.75) is 26.3 Å². The van der Waals surface area contributed by atoms with E-state index in [9.17, 15) is 0 Å². The van der Waals surface area contributed by atoms with Crippen molar-refractivity contribution < 1.29 is 0 Å². The molecule has 0 amide bonds. The first-order valence-corrected chi connectivity index (χ1v) is 10.3. The highest BCUT2D eigenvalue weighted by Gasteiger charge is 2.24. The minimum atomic E-state index is 0.631. The van der Waals surface area contributed by atoms with E-state index in [1.54, 1.807) is 12.5 Å². The molecule has 0 radical (unpaired) electrons. The fourth-order valence-corrected chi connectivity index (χ4v) is 3.83. The molecule has 4 rings (SSSR count). The summed E-state index contributed by atoms with van der Waals surface area (Å²) in [4.78, 5) is 15.8. The number of benzene rings is 1. The average molecular weight is 389 g/mol. The van der Waals surface area contributed by atoms with Gasteiger partial charge in [-0.05, 0) is 48.9 Å². The number of nitrogens with zero attached hydrogens (tertiary/aromatic N) is 5. The lowest BCUT2D eigenvalue weighted by atomic mass is 9.99. The molecule has 0 saturated carbocycles. The van der Waals surface area contributed by atoms with Crippen molar-refractivity contribution in [3.05, 3.63) is 78.5 Å². The number of aromatic nitrogens is 3. The Morgan fingerprint density at radius 3 is 2.86 bits per heavy atom. The van der Waals surface area contributed by atoms with E-state index in [0.29, 0.717) is 12.5 Å². The van der Waals surface area contributed by atoms with Crippen LogP contribution in [0.3, 0.4) is 0 Å². The van der Waals surface area contributed by atoms with Gasteiger partial charge in [0.05, 0.1) is 6.54 Å². The lowest BCUT2D eigenvalue weighted by Crippen LogP contribution is -2.40. The van der Waals surface area contributed by atoms with E-state index in [4.69, 9.17) is 4.99 Å². The minimum absolute atomic E-state index is 0.631. The second-order valence-electron chi connectivity index (χ2n) is 7.45. The summed E-state index contributed by atoms with van der Waals surface area (Å²) in [6, 6.07) is 14.9. The molecule has 1 aliphatic rings. The van der Waals surface area contributed by atoms with Gasteiger partial charge in [-0.1, -0.05) is 30.3 Å². The largest absolute Gasteiger partial charge is 0.357 e. The highest BCUT2D eigenvalue weighted by molar-refractivity contribution is 5.80. The number of rotatable bonds is 6. The summed E-state index contributed by atoms with van der Waals surface area (Å²) >= 11 is 0. The molecule has 1 saturated heterocycles. The normalized spacial score (nSPS) is 16.9. The molecule has 6 nitrogen and oxygen atoms in total. The molecular weight excluding hydrogens is 360 g/mol. The van der Waals surface area contributed by atoms with E-state index in [-0.39, 0.29) is 0 Å². The third-order valence-corrected chi connectivity index (χ3v) is 5.28. The van der Waals surface area contributed by atoms with Gasteiger partial charge in [0.25, 0.3) is 0 Å². The molecule has 1 N–H and O–H groups in total. The number of aliphatic imine (C=N–C) groups is 1. The molecule has 1 fully saturated rings. The Morgan fingerprint density at radius 1 is 1.17 bits per heavy atom. The Hall–Kier alpha value is -3.15. The summed E-state index contributed by atoms with van der Waals surface area (Å²) in [6.45, 7) is 5.73. The molecule has 0 spiro atoms. The van der Waals surface area contributed by atoms with Crippen molar-refractivity contribution >= 4 is 5.96 Å². The molecular formula is C23H28N6. The lowest BCUT2D eigenvalue weighted by molar-refractivity contribution is 0.460. The fourth-order valence-electron chi connectivity index (χ4n) is 3.83. The first-order chi connectivity index (χ1) is 14.3. The molecule has 6 heteroatoms. The zero-order valence-electron chi connectivity index (χ0n) is 16.9. The summed E-state index contributed by atoms with van der Waals surface area (Å²) in [5, 5.41) is 3.47. The predicted molar refractivity (Wildman–Crippen MR) is 116 cm³/mol. The highest BCUT2D eigenvalue weighted by atomic mass is 15.3. The minimum Gasteiger partial charge on any atom is -0.357 e. The Labute approximate surface area is 172 Å². The maximum absolute atomic E-state index is 4.91. The van der Waals surface area contributed by atoms with E-state index < -0.39 is 0 Å². The molecule has 1 unspecified atom stereocenters. The Kier molecular flexibility index (Phi) is 6.19. The Morgan fingerprint density at radius 2 is 2.07 bits per heavy atom. The molecule has 150 valence electrons. The van der Waals surface area contributed by atoms with Crippen molar-refractivity contribution in [3.8, 4) is 5.82 Å². The van der Waals surface area contributed by atoms with Crippen LogP contribution < -0.4 is 5.32 Å². The van der Waals surface area contributed by atoms with Crippen LogP contribution in [-0.2, 0) is 13.0 Å². The van der Waals surface area contributed by atoms with Crippen LogP contribution in [0.1, 0.15) is 24.5 Å². The van der Waals surface area contributed by atoms with Crippen LogP contribution in [-0.4, -0.2) is 45.0 Å². The summed E-state index contributed by atoms with van der Waals surface area (Å²) in [6.07, 6.45) is 9.59. The van der Waals surface area contributed by atoms with Gasteiger partial charge < -0.3 is 10.2 Å². The predicted octanol–water partition coefficient (Wildman–Crippen LogP) is 3.30. The van der Waals surface area contributed by atoms with Gasteiger partial charge in [-0.15, -0.1) is 0 Å². The zero-order valence-corrected chi connectivity index (χ0v) is 16.9. The van der Waals surface area contributed by atoms with Gasteiger partial charge in [-0.2, -0.15) is 0 Å². The molecule has 3 heterocycles. The number of pyridine rings is 1. The molecule has 3 aromatic rings. The first-order valence-electron chi connectivity index (χ1n) is 10.3. The summed E-state index contributed by atoms with van der Waals surface area (Å²) in [7, 11) is 0. The van der Waals surface area contributed by atoms with E-state index in [0.717, 1.165) is 43.4 Å². The molecule has 1 atom stereocenters. The maximum atomic E-state index is 4.91. The number of imidazole rings is 1. The molecule has 2 aromatic heterocycles. The maximum Gasteiger partial charge on any atom is 0.194 e. The van der Waals surface area contributed by atoms with Crippen molar-refractivity contribution in [2.24, 2.45) is 10.9 Å². The van der Waals surface area contributed by atoms with E-state index in [1.165, 1.54) is 12.0 Å². The van der Waals surface area contributed by atoms with Crippen molar-refractivity contribution in [1.82, 2.24) is 24.8 Å². The van der Waals surface area contributed by atoms with Crippen molar-refractivity contribution in [3.63, 3.8) is 0 Å². The lowest BCUT2D eigenvalue weighted by Gasteiger charge is -2.22. The zero-order chi connectivity index (χ0) is 19.9. The van der Waals surface area contributed by atoms with Gasteiger partial charge in [0.2, 0.25) is 0 Å². The summed E-state index contributed by atoms with van der Waals surface area (Å²) < 4.78 is 1.91. The van der Waals surface area contributed by atoms with Crippen LogP contribution in [0.15, 0.2) is 72.4 Å². The van der Waals surface area contributed by atoms with Gasteiger partial charge in [-0.25, -0.2) is 15.0 Å². The van der Waals surface area contributed by atoms with Gasteiger partial charge in [0.15, 0.2) is 5.96 Å². The topological polar surface area (TPSA) is 58.3 Å². The van der Waals surface area contributed by atoms with Gasteiger partial charge in [-0.3, -0.25) is 4.57 Å². The first kappa shape index (κ1) is 19.2. The van der Waals surface area contributed by atoms with Gasteiger partial charge in [0.1, 0.15) is 12.1 Å². The van der Waals surface area contributed by atoms with Crippen molar-refractivity contribution in [1.29, 1.82) is 0 Å². The van der Waals surface area contributed by atoms with Crippen LogP contribution in [0, 0.1) is 5.92 Å². The monoisotopic (exact) mass is 388 g/mol. The quantitative estimate of drug-likeness (QED) is 0.520.